The summed E-state index contributed by atoms with van der Waals surface area (Å²) in [6, 6.07) is 9.02. The second-order valence-corrected chi connectivity index (χ2v) is 6.28. The Morgan fingerprint density at radius 2 is 1.83 bits per heavy atom. The van der Waals surface area contributed by atoms with Crippen molar-refractivity contribution >= 4 is 40.0 Å². The molecule has 2 rings (SSSR count). The van der Waals surface area contributed by atoms with E-state index in [1.165, 1.54) is 19.6 Å². The number of methoxy groups -OCH3 is 2. The summed E-state index contributed by atoms with van der Waals surface area (Å²) >= 11 is 1.06. The lowest BCUT2D eigenvalue weighted by atomic mass is 10.2. The number of rotatable bonds is 10. The standard InChI is InChI=1S/C18H19N3O7S/c1-25-9-14(22)20-18-19-13(11-29-18)16(21-28-15(23)10-26-2)17(24)27-8-12-6-4-3-5-7-12/h3-7,11H,8-10H2,1-2H3,(H,19,20,22). The number of hydrogen-bond acceptors (Lipinski definition) is 10. The minimum Gasteiger partial charge on any atom is -0.456 e. The second-order valence-electron chi connectivity index (χ2n) is 5.42. The lowest BCUT2D eigenvalue weighted by molar-refractivity contribution is -0.148. The van der Waals surface area contributed by atoms with Gasteiger partial charge in [0.05, 0.1) is 0 Å². The van der Waals surface area contributed by atoms with E-state index in [-0.39, 0.29) is 36.4 Å². The summed E-state index contributed by atoms with van der Waals surface area (Å²) in [4.78, 5) is 44.4. The Morgan fingerprint density at radius 1 is 1.10 bits per heavy atom. The first-order valence-corrected chi connectivity index (χ1v) is 9.14. The predicted octanol–water partition coefficient (Wildman–Crippen LogP) is 1.37. The van der Waals surface area contributed by atoms with Crippen molar-refractivity contribution in [1.29, 1.82) is 0 Å². The van der Waals surface area contributed by atoms with Crippen LogP contribution in [0.25, 0.3) is 0 Å². The Hall–Kier alpha value is -3.15. The van der Waals surface area contributed by atoms with Gasteiger partial charge in [-0.25, -0.2) is 14.6 Å². The van der Waals surface area contributed by atoms with Crippen LogP contribution in [-0.2, 0) is 40.0 Å². The zero-order valence-corrected chi connectivity index (χ0v) is 16.6. The Balaban J connectivity index is 2.15. The van der Waals surface area contributed by atoms with Crippen LogP contribution in [0.2, 0.25) is 0 Å². The minimum absolute atomic E-state index is 0.00766. The third-order valence-electron chi connectivity index (χ3n) is 3.18. The molecule has 10 nitrogen and oxygen atoms in total. The number of aromatic nitrogens is 1. The maximum absolute atomic E-state index is 12.5. The van der Waals surface area contributed by atoms with E-state index in [1.54, 1.807) is 24.3 Å². The SMILES string of the molecule is COCC(=O)Nc1nc(C(=NOC(=O)COC)C(=O)OCc2ccccc2)cs1. The van der Waals surface area contributed by atoms with Gasteiger partial charge >= 0.3 is 11.9 Å². The predicted molar refractivity (Wildman–Crippen MR) is 103 cm³/mol. The number of ether oxygens (including phenoxy) is 3. The van der Waals surface area contributed by atoms with Crippen molar-refractivity contribution in [3.05, 3.63) is 47.0 Å². The molecule has 0 unspecified atom stereocenters. The highest BCUT2D eigenvalue weighted by molar-refractivity contribution is 7.14. The van der Waals surface area contributed by atoms with Crippen LogP contribution < -0.4 is 5.32 Å². The van der Waals surface area contributed by atoms with E-state index in [0.29, 0.717) is 0 Å². The van der Waals surface area contributed by atoms with Crippen LogP contribution in [0.15, 0.2) is 40.9 Å². The van der Waals surface area contributed by atoms with E-state index in [2.05, 4.69) is 25.0 Å². The summed E-state index contributed by atoms with van der Waals surface area (Å²) in [5, 5.41) is 7.77. The molecule has 0 bridgehead atoms. The number of hydrogen-bond donors (Lipinski definition) is 1. The number of oxime groups is 1. The summed E-state index contributed by atoms with van der Waals surface area (Å²) < 4.78 is 14.6. The van der Waals surface area contributed by atoms with Crippen molar-refractivity contribution in [1.82, 2.24) is 4.98 Å². The minimum atomic E-state index is -0.848. The fourth-order valence-electron chi connectivity index (χ4n) is 1.95. The molecule has 1 heterocycles. The van der Waals surface area contributed by atoms with Crippen LogP contribution in [0.1, 0.15) is 11.3 Å². The van der Waals surface area contributed by atoms with Crippen LogP contribution >= 0.6 is 11.3 Å². The largest absolute Gasteiger partial charge is 0.456 e. The topological polar surface area (TPSA) is 125 Å². The molecular formula is C18H19N3O7S. The summed E-state index contributed by atoms with van der Waals surface area (Å²) in [5.41, 5.74) is 0.516. The molecule has 0 spiro atoms. The molecule has 0 aliphatic heterocycles. The van der Waals surface area contributed by atoms with E-state index < -0.39 is 17.8 Å². The zero-order valence-electron chi connectivity index (χ0n) is 15.7. The van der Waals surface area contributed by atoms with Crippen LogP contribution in [0.4, 0.5) is 5.13 Å². The summed E-state index contributed by atoms with van der Waals surface area (Å²) in [6.07, 6.45) is 0. The van der Waals surface area contributed by atoms with Crippen LogP contribution in [0, 0.1) is 0 Å². The molecule has 1 aromatic carbocycles. The highest BCUT2D eigenvalue weighted by atomic mass is 32.1. The normalized spacial score (nSPS) is 11.0. The van der Waals surface area contributed by atoms with Crippen LogP contribution in [-0.4, -0.2) is 56.0 Å². The molecule has 29 heavy (non-hydrogen) atoms. The van der Waals surface area contributed by atoms with Gasteiger partial charge in [-0.3, -0.25) is 10.1 Å². The van der Waals surface area contributed by atoms with Gasteiger partial charge in [-0.15, -0.1) is 11.3 Å². The van der Waals surface area contributed by atoms with Gasteiger partial charge in [0.25, 0.3) is 5.91 Å². The van der Waals surface area contributed by atoms with Gasteiger partial charge in [0, 0.05) is 19.6 Å². The molecule has 0 radical (unpaired) electrons. The lowest BCUT2D eigenvalue weighted by Gasteiger charge is -2.06. The van der Waals surface area contributed by atoms with Crippen molar-refractivity contribution in [2.75, 3.05) is 32.8 Å². The highest BCUT2D eigenvalue weighted by Gasteiger charge is 2.22. The molecular weight excluding hydrogens is 402 g/mol. The molecule has 0 saturated carbocycles. The van der Waals surface area contributed by atoms with Crippen molar-refractivity contribution in [3.8, 4) is 0 Å². The average Bonchev–Trinajstić information content (AvgIpc) is 3.15. The van der Waals surface area contributed by atoms with Gasteiger partial charge in [0.15, 0.2) is 5.13 Å². The fraction of sp³-hybridized carbons (Fsp3) is 0.278. The number of carbonyl (C=O) groups is 3. The second kappa shape index (κ2) is 11.6. The first-order chi connectivity index (χ1) is 14.0. The maximum Gasteiger partial charge on any atom is 0.363 e. The summed E-state index contributed by atoms with van der Waals surface area (Å²) in [7, 11) is 2.70. The third-order valence-corrected chi connectivity index (χ3v) is 3.93. The average molecular weight is 421 g/mol. The van der Waals surface area contributed by atoms with E-state index in [9.17, 15) is 14.4 Å². The van der Waals surface area contributed by atoms with Crippen LogP contribution in [0.3, 0.4) is 0 Å². The molecule has 154 valence electrons. The number of esters is 1. The first kappa shape index (κ1) is 22.1. The first-order valence-electron chi connectivity index (χ1n) is 8.26. The molecule has 0 atom stereocenters. The quantitative estimate of drug-likeness (QED) is 0.264. The molecule has 2 aromatic rings. The van der Waals surface area contributed by atoms with Crippen molar-refractivity contribution in [3.63, 3.8) is 0 Å². The number of anilines is 1. The van der Waals surface area contributed by atoms with E-state index >= 15 is 0 Å². The lowest BCUT2D eigenvalue weighted by Crippen LogP contribution is -2.21. The fourth-order valence-corrected chi connectivity index (χ4v) is 2.66. The summed E-state index contributed by atoms with van der Waals surface area (Å²) in [6.45, 7) is -0.499. The van der Waals surface area contributed by atoms with Gasteiger partial charge < -0.3 is 19.0 Å². The van der Waals surface area contributed by atoms with Gasteiger partial charge in [0.2, 0.25) is 5.71 Å². The number of benzene rings is 1. The third kappa shape index (κ3) is 7.41. The Labute approximate surface area is 170 Å². The molecule has 1 N–H and O–H groups in total. The Bertz CT molecular complexity index is 867. The number of amides is 1. The van der Waals surface area contributed by atoms with Crippen molar-refractivity contribution in [2.45, 2.75) is 6.61 Å². The van der Waals surface area contributed by atoms with Gasteiger partial charge in [0.1, 0.15) is 25.5 Å². The Morgan fingerprint density at radius 3 is 2.52 bits per heavy atom. The number of nitrogens with one attached hydrogen (secondary N) is 1. The van der Waals surface area contributed by atoms with Crippen molar-refractivity contribution < 1.29 is 33.4 Å². The van der Waals surface area contributed by atoms with Gasteiger partial charge in [-0.05, 0) is 5.56 Å². The molecule has 0 fully saturated rings. The van der Waals surface area contributed by atoms with Gasteiger partial charge in [-0.2, -0.15) is 0 Å². The Kier molecular flexibility index (Phi) is 8.89. The molecule has 0 aliphatic carbocycles. The maximum atomic E-state index is 12.5. The van der Waals surface area contributed by atoms with E-state index in [4.69, 9.17) is 9.47 Å². The molecule has 1 amide bonds. The monoisotopic (exact) mass is 421 g/mol. The van der Waals surface area contributed by atoms with Crippen molar-refractivity contribution in [2.24, 2.45) is 5.16 Å². The van der Waals surface area contributed by atoms with E-state index in [1.807, 2.05) is 6.07 Å². The smallest absolute Gasteiger partial charge is 0.363 e. The zero-order chi connectivity index (χ0) is 21.1. The number of nitrogens with zero attached hydrogens (tertiary/aromatic N) is 2. The molecule has 11 heteroatoms. The highest BCUT2D eigenvalue weighted by Crippen LogP contribution is 2.17. The van der Waals surface area contributed by atoms with Gasteiger partial charge in [-0.1, -0.05) is 35.5 Å². The number of thiazole rings is 1. The van der Waals surface area contributed by atoms with E-state index in [0.717, 1.165) is 16.9 Å². The molecule has 1 aromatic heterocycles. The molecule has 0 aliphatic rings. The molecule has 0 saturated heterocycles. The summed E-state index contributed by atoms with van der Waals surface area (Å²) in [5.74, 6) is -2.06. The number of carbonyl (C=O) groups excluding carboxylic acids is 3. The van der Waals surface area contributed by atoms with Crippen LogP contribution in [0.5, 0.6) is 0 Å².